The number of nitrogens with zero attached hydrogens (tertiary/aromatic N) is 3. The Hall–Kier alpha value is -3.53. The zero-order valence-electron chi connectivity index (χ0n) is 20.0. The lowest BCUT2D eigenvalue weighted by Gasteiger charge is -2.57. The summed E-state index contributed by atoms with van der Waals surface area (Å²) >= 11 is 0. The molecule has 36 heavy (non-hydrogen) atoms. The molecular weight excluding hydrogens is 457 g/mol. The van der Waals surface area contributed by atoms with Crippen LogP contribution < -0.4 is 4.90 Å². The number of carbonyl (C=O) groups excluding carboxylic acids is 3. The first-order valence-electron chi connectivity index (χ1n) is 12.8. The number of hydrogen-bond donors (Lipinski definition) is 0. The Kier molecular flexibility index (Phi) is 5.44. The van der Waals surface area contributed by atoms with E-state index >= 15 is 0 Å². The first-order valence-corrected chi connectivity index (χ1v) is 12.8. The van der Waals surface area contributed by atoms with E-state index in [1.165, 1.54) is 31.4 Å². The van der Waals surface area contributed by atoms with Crippen molar-refractivity contribution >= 4 is 23.4 Å². The normalized spacial score (nSPS) is 30.5. The molecule has 0 N–H and O–H groups in total. The number of hydrogen-bond acceptors (Lipinski definition) is 4. The molecular formula is C29H28FN3O3. The van der Waals surface area contributed by atoms with Crippen LogP contribution in [0, 0.1) is 40.3 Å². The molecule has 1 unspecified atom stereocenters. The lowest BCUT2D eigenvalue weighted by Crippen LogP contribution is -2.57. The van der Waals surface area contributed by atoms with E-state index in [1.807, 2.05) is 6.07 Å². The van der Waals surface area contributed by atoms with Crippen molar-refractivity contribution in [3.8, 4) is 6.07 Å². The highest BCUT2D eigenvalue weighted by Crippen LogP contribution is 2.60. The van der Waals surface area contributed by atoms with Gasteiger partial charge in [-0.05, 0) is 98.2 Å². The Balaban J connectivity index is 1.34. The molecule has 7 rings (SSSR count). The highest BCUT2D eigenvalue weighted by molar-refractivity contribution is 6.23. The summed E-state index contributed by atoms with van der Waals surface area (Å²) in [6.07, 6.45) is 6.05. The van der Waals surface area contributed by atoms with Crippen molar-refractivity contribution in [2.45, 2.75) is 57.5 Å². The monoisotopic (exact) mass is 485 g/mol. The number of imide groups is 1. The van der Waals surface area contributed by atoms with E-state index in [4.69, 9.17) is 5.26 Å². The van der Waals surface area contributed by atoms with Crippen LogP contribution in [0.25, 0.3) is 0 Å². The predicted molar refractivity (Wildman–Crippen MR) is 130 cm³/mol. The molecule has 7 heteroatoms. The van der Waals surface area contributed by atoms with Gasteiger partial charge in [-0.3, -0.25) is 14.4 Å². The van der Waals surface area contributed by atoms with Crippen LogP contribution in [0.4, 0.5) is 10.1 Å². The Morgan fingerprint density at radius 2 is 1.56 bits per heavy atom. The van der Waals surface area contributed by atoms with Gasteiger partial charge in [0.25, 0.3) is 5.91 Å². The molecule has 6 nitrogen and oxygen atoms in total. The third-order valence-corrected chi connectivity index (χ3v) is 8.77. The fraction of sp³-hybridized carbons (Fsp3) is 0.448. The summed E-state index contributed by atoms with van der Waals surface area (Å²) in [7, 11) is 0. The van der Waals surface area contributed by atoms with Gasteiger partial charge < -0.3 is 4.90 Å². The largest absolute Gasteiger partial charge is 0.325 e. The lowest BCUT2D eigenvalue weighted by molar-refractivity contribution is -0.162. The fourth-order valence-electron chi connectivity index (χ4n) is 7.60. The first kappa shape index (κ1) is 22.9. The van der Waals surface area contributed by atoms with Gasteiger partial charge in [0.2, 0.25) is 11.8 Å². The van der Waals surface area contributed by atoms with Crippen LogP contribution in [0.3, 0.4) is 0 Å². The van der Waals surface area contributed by atoms with E-state index in [0.29, 0.717) is 29.0 Å². The molecule has 3 amide bonds. The molecule has 1 heterocycles. The first-order chi connectivity index (χ1) is 17.3. The minimum atomic E-state index is -0.904. The average Bonchev–Trinajstić information content (AvgIpc) is 3.16. The molecule has 0 radical (unpaired) electrons. The standard InChI is InChI=1S/C29H28FN3O3/c30-23-5-1-19(2-6-23)17-32(28(36)29-13-20-9-21(14-29)11-22(10-20)15-29)25-12-26(34)33(27(25)35)24-7-3-18(16-31)4-8-24/h1-8,20-22,25H,9-15,17H2. The third kappa shape index (κ3) is 3.80. The Morgan fingerprint density at radius 1 is 0.972 bits per heavy atom. The fourth-order valence-corrected chi connectivity index (χ4v) is 7.60. The predicted octanol–water partition coefficient (Wildman–Crippen LogP) is 4.57. The van der Waals surface area contributed by atoms with Crippen LogP contribution >= 0.6 is 0 Å². The zero-order valence-corrected chi connectivity index (χ0v) is 20.0. The van der Waals surface area contributed by atoms with Crippen LogP contribution in [-0.2, 0) is 20.9 Å². The molecule has 2 aromatic carbocycles. The van der Waals surface area contributed by atoms with Crippen molar-refractivity contribution in [2.75, 3.05) is 4.90 Å². The quantitative estimate of drug-likeness (QED) is 0.581. The molecule has 4 aliphatic carbocycles. The molecule has 0 spiro atoms. The van der Waals surface area contributed by atoms with Gasteiger partial charge in [-0.25, -0.2) is 9.29 Å². The van der Waals surface area contributed by atoms with E-state index in [2.05, 4.69) is 0 Å². The molecule has 5 aliphatic rings. The van der Waals surface area contributed by atoms with E-state index in [-0.39, 0.29) is 30.6 Å². The Bertz CT molecular complexity index is 1230. The second-order valence-corrected chi connectivity index (χ2v) is 11.2. The van der Waals surface area contributed by atoms with E-state index in [9.17, 15) is 18.8 Å². The summed E-state index contributed by atoms with van der Waals surface area (Å²) in [5, 5.41) is 9.08. The summed E-state index contributed by atoms with van der Waals surface area (Å²) in [5.41, 5.74) is 1.09. The van der Waals surface area contributed by atoms with Gasteiger partial charge in [-0.1, -0.05) is 12.1 Å². The molecule has 5 fully saturated rings. The number of amides is 3. The SMILES string of the molecule is N#Cc1ccc(N2C(=O)CC(N(Cc3ccc(F)cc3)C(=O)C34CC5CC(CC(C5)C3)C4)C2=O)cc1. The van der Waals surface area contributed by atoms with Gasteiger partial charge in [0.05, 0.1) is 29.2 Å². The van der Waals surface area contributed by atoms with Crippen molar-refractivity contribution in [2.24, 2.45) is 23.2 Å². The topological polar surface area (TPSA) is 81.5 Å². The number of carbonyl (C=O) groups is 3. The highest BCUT2D eigenvalue weighted by atomic mass is 19.1. The summed E-state index contributed by atoms with van der Waals surface area (Å²) in [6, 6.07) is 13.4. The highest BCUT2D eigenvalue weighted by Gasteiger charge is 2.57. The van der Waals surface area contributed by atoms with E-state index in [1.54, 1.807) is 41.3 Å². The number of anilines is 1. The number of nitriles is 1. The number of benzene rings is 2. The van der Waals surface area contributed by atoms with Crippen molar-refractivity contribution in [3.05, 3.63) is 65.5 Å². The molecule has 1 saturated heterocycles. The molecule has 1 atom stereocenters. The van der Waals surface area contributed by atoms with Crippen LogP contribution in [0.15, 0.2) is 48.5 Å². The van der Waals surface area contributed by atoms with Gasteiger partial charge in [-0.15, -0.1) is 0 Å². The van der Waals surface area contributed by atoms with Crippen LogP contribution in [-0.4, -0.2) is 28.7 Å². The molecule has 184 valence electrons. The minimum Gasteiger partial charge on any atom is -0.325 e. The molecule has 0 aromatic heterocycles. The second-order valence-electron chi connectivity index (χ2n) is 11.2. The summed E-state index contributed by atoms with van der Waals surface area (Å²) in [6.45, 7) is 0.158. The van der Waals surface area contributed by atoms with E-state index < -0.39 is 17.4 Å². The van der Waals surface area contributed by atoms with Gasteiger partial charge in [0.1, 0.15) is 11.9 Å². The lowest BCUT2D eigenvalue weighted by atomic mass is 9.49. The Morgan fingerprint density at radius 3 is 2.11 bits per heavy atom. The maximum absolute atomic E-state index is 14.4. The van der Waals surface area contributed by atoms with Crippen LogP contribution in [0.1, 0.15) is 56.1 Å². The van der Waals surface area contributed by atoms with Gasteiger partial charge in [0, 0.05) is 6.54 Å². The van der Waals surface area contributed by atoms with Crippen molar-refractivity contribution in [1.29, 1.82) is 5.26 Å². The maximum Gasteiger partial charge on any atom is 0.257 e. The van der Waals surface area contributed by atoms with Gasteiger partial charge in [-0.2, -0.15) is 5.26 Å². The zero-order chi connectivity index (χ0) is 25.0. The molecule has 4 bridgehead atoms. The van der Waals surface area contributed by atoms with Crippen molar-refractivity contribution in [1.82, 2.24) is 4.90 Å². The smallest absolute Gasteiger partial charge is 0.257 e. The molecule has 1 aliphatic heterocycles. The average molecular weight is 486 g/mol. The third-order valence-electron chi connectivity index (χ3n) is 8.77. The van der Waals surface area contributed by atoms with Crippen LogP contribution in [0.2, 0.25) is 0 Å². The van der Waals surface area contributed by atoms with Gasteiger partial charge >= 0.3 is 0 Å². The van der Waals surface area contributed by atoms with E-state index in [0.717, 1.165) is 29.7 Å². The maximum atomic E-state index is 14.4. The number of rotatable bonds is 5. The number of halogens is 1. The Labute approximate surface area is 209 Å². The van der Waals surface area contributed by atoms with Crippen LogP contribution in [0.5, 0.6) is 0 Å². The van der Waals surface area contributed by atoms with Crippen molar-refractivity contribution in [3.63, 3.8) is 0 Å². The summed E-state index contributed by atoms with van der Waals surface area (Å²) in [4.78, 5) is 43.9. The summed E-state index contributed by atoms with van der Waals surface area (Å²) in [5.74, 6) is 0.495. The van der Waals surface area contributed by atoms with Gasteiger partial charge in [0.15, 0.2) is 0 Å². The van der Waals surface area contributed by atoms with Crippen molar-refractivity contribution < 1.29 is 18.8 Å². The summed E-state index contributed by atoms with van der Waals surface area (Å²) < 4.78 is 13.6. The minimum absolute atomic E-state index is 0.0289. The molecule has 2 aromatic rings. The molecule has 4 saturated carbocycles. The second kappa shape index (κ2) is 8.55.